The maximum absolute atomic E-state index is 13.3. The lowest BCUT2D eigenvalue weighted by atomic mass is 10.0. The van der Waals surface area contributed by atoms with Gasteiger partial charge in [-0.05, 0) is 64.2 Å². The summed E-state index contributed by atoms with van der Waals surface area (Å²) < 4.78 is 5.94. The number of nitrogens with one attached hydrogen (secondary N) is 1. The number of rotatable bonds is 53. The van der Waals surface area contributed by atoms with Gasteiger partial charge in [0, 0.05) is 6.42 Å². The zero-order valence-electron chi connectivity index (χ0n) is 44.3. The van der Waals surface area contributed by atoms with E-state index in [9.17, 15) is 19.8 Å². The lowest BCUT2D eigenvalue weighted by Gasteiger charge is -2.24. The minimum atomic E-state index is -0.796. The van der Waals surface area contributed by atoms with Gasteiger partial charge in [-0.1, -0.05) is 269 Å². The highest BCUT2D eigenvalue weighted by molar-refractivity contribution is 5.77. The van der Waals surface area contributed by atoms with Gasteiger partial charge in [0.1, 0.15) is 6.10 Å². The highest BCUT2D eigenvalue weighted by Gasteiger charge is 2.24. The molecule has 0 bridgehead atoms. The molecule has 3 atom stereocenters. The second-order valence-corrected chi connectivity index (χ2v) is 20.1. The number of allylic oxidation sites excluding steroid dienone is 6. The number of aliphatic hydroxyl groups excluding tert-OH is 2. The Morgan fingerprint density at radius 1 is 0.439 bits per heavy atom. The third-order valence-corrected chi connectivity index (χ3v) is 13.5. The van der Waals surface area contributed by atoms with Crippen molar-refractivity contribution in [2.24, 2.45) is 0 Å². The van der Waals surface area contributed by atoms with E-state index in [-0.39, 0.29) is 24.9 Å². The summed E-state index contributed by atoms with van der Waals surface area (Å²) in [7, 11) is 0. The molecule has 66 heavy (non-hydrogen) atoms. The summed E-state index contributed by atoms with van der Waals surface area (Å²) in [6, 6.07) is -0.712. The molecule has 0 saturated heterocycles. The van der Waals surface area contributed by atoms with Crippen molar-refractivity contribution >= 4 is 11.9 Å². The summed E-state index contributed by atoms with van der Waals surface area (Å²) in [5.74, 6) is -0.495. The van der Waals surface area contributed by atoms with Crippen LogP contribution in [-0.2, 0) is 14.3 Å². The molecular formula is C60H113NO5. The van der Waals surface area contributed by atoms with Crippen LogP contribution in [0.1, 0.15) is 310 Å². The Bertz CT molecular complexity index is 1090. The molecule has 0 aliphatic heterocycles. The Kier molecular flexibility index (Phi) is 52.5. The average Bonchev–Trinajstić information content (AvgIpc) is 3.31. The summed E-state index contributed by atoms with van der Waals surface area (Å²) >= 11 is 0. The number of amides is 1. The maximum atomic E-state index is 13.3. The van der Waals surface area contributed by atoms with E-state index in [1.807, 2.05) is 0 Å². The Morgan fingerprint density at radius 2 is 0.773 bits per heavy atom. The van der Waals surface area contributed by atoms with Crippen LogP contribution in [0.25, 0.3) is 0 Å². The van der Waals surface area contributed by atoms with E-state index in [0.717, 1.165) is 70.6 Å². The molecule has 0 rings (SSSR count). The molecule has 0 aliphatic carbocycles. The van der Waals surface area contributed by atoms with E-state index in [0.29, 0.717) is 19.3 Å². The monoisotopic (exact) mass is 928 g/mol. The van der Waals surface area contributed by atoms with Crippen molar-refractivity contribution in [2.45, 2.75) is 328 Å². The lowest BCUT2D eigenvalue weighted by molar-refractivity contribution is -0.151. The van der Waals surface area contributed by atoms with Gasteiger partial charge < -0.3 is 20.3 Å². The van der Waals surface area contributed by atoms with Gasteiger partial charge in [-0.3, -0.25) is 9.59 Å². The molecule has 0 spiro atoms. The van der Waals surface area contributed by atoms with Crippen molar-refractivity contribution in [3.8, 4) is 0 Å². The van der Waals surface area contributed by atoms with Crippen LogP contribution in [0.2, 0.25) is 0 Å². The first-order valence-electron chi connectivity index (χ1n) is 29.2. The van der Waals surface area contributed by atoms with Crippen molar-refractivity contribution in [1.29, 1.82) is 0 Å². The van der Waals surface area contributed by atoms with Crippen molar-refractivity contribution in [3.05, 3.63) is 36.5 Å². The van der Waals surface area contributed by atoms with E-state index < -0.39 is 18.2 Å². The fourth-order valence-corrected chi connectivity index (χ4v) is 9.03. The van der Waals surface area contributed by atoms with Crippen molar-refractivity contribution in [3.63, 3.8) is 0 Å². The van der Waals surface area contributed by atoms with Crippen LogP contribution in [0, 0.1) is 0 Å². The molecule has 0 heterocycles. The molecule has 0 fully saturated rings. The molecule has 3 N–H and O–H groups in total. The Morgan fingerprint density at radius 3 is 1.18 bits per heavy atom. The van der Waals surface area contributed by atoms with Crippen LogP contribution >= 0.6 is 0 Å². The molecule has 0 aromatic carbocycles. The first-order valence-corrected chi connectivity index (χ1v) is 29.2. The number of aliphatic hydroxyl groups is 2. The van der Waals surface area contributed by atoms with Crippen LogP contribution in [0.5, 0.6) is 0 Å². The van der Waals surface area contributed by atoms with Crippen molar-refractivity contribution in [1.82, 2.24) is 5.32 Å². The maximum Gasteiger partial charge on any atom is 0.306 e. The van der Waals surface area contributed by atoms with Gasteiger partial charge in [-0.15, -0.1) is 0 Å². The third-order valence-electron chi connectivity index (χ3n) is 13.5. The topological polar surface area (TPSA) is 95.9 Å². The molecule has 0 radical (unpaired) electrons. The van der Waals surface area contributed by atoms with Gasteiger partial charge in [0.15, 0.2) is 0 Å². The Labute approximate surface area is 411 Å². The summed E-state index contributed by atoms with van der Waals surface area (Å²) in [6.45, 7) is 6.48. The molecule has 6 heteroatoms. The highest BCUT2D eigenvalue weighted by atomic mass is 16.5. The third kappa shape index (κ3) is 48.5. The largest absolute Gasteiger partial charge is 0.462 e. The fraction of sp³-hybridized carbons (Fsp3) is 0.867. The van der Waals surface area contributed by atoms with Gasteiger partial charge in [0.25, 0.3) is 0 Å². The van der Waals surface area contributed by atoms with Crippen LogP contribution in [0.3, 0.4) is 0 Å². The van der Waals surface area contributed by atoms with E-state index in [4.69, 9.17) is 4.74 Å². The minimum absolute atomic E-state index is 0.0562. The summed E-state index contributed by atoms with van der Waals surface area (Å²) in [6.07, 6.45) is 65.0. The van der Waals surface area contributed by atoms with Crippen LogP contribution in [0.15, 0.2) is 36.5 Å². The van der Waals surface area contributed by atoms with E-state index in [1.54, 1.807) is 0 Å². The Balaban J connectivity index is 4.55. The molecule has 1 amide bonds. The zero-order valence-corrected chi connectivity index (χ0v) is 44.3. The average molecular weight is 929 g/mol. The molecule has 0 saturated carbocycles. The summed E-state index contributed by atoms with van der Waals surface area (Å²) in [5, 5.41) is 23.9. The van der Waals surface area contributed by atoms with Crippen LogP contribution in [0.4, 0.5) is 0 Å². The van der Waals surface area contributed by atoms with E-state index in [2.05, 4.69) is 62.5 Å². The predicted molar refractivity (Wildman–Crippen MR) is 287 cm³/mol. The number of hydrogen-bond donors (Lipinski definition) is 3. The normalized spacial score (nSPS) is 13.3. The lowest BCUT2D eigenvalue weighted by Crippen LogP contribution is -2.46. The molecule has 6 nitrogen and oxygen atoms in total. The second-order valence-electron chi connectivity index (χ2n) is 20.1. The second kappa shape index (κ2) is 54.0. The SMILES string of the molecule is CCCCC/C=C\C/C=C\C/C=C\CCCCC(CC(=O)NC(CO)C(O)CCCCCCCCCCCCCCCCCCC)OC(=O)CCCCCCCCCCCCCCCCC. The van der Waals surface area contributed by atoms with Crippen molar-refractivity contribution < 1.29 is 24.5 Å². The number of unbranched alkanes of at least 4 members (excludes halogenated alkanes) is 35. The van der Waals surface area contributed by atoms with Gasteiger partial charge in [-0.2, -0.15) is 0 Å². The highest BCUT2D eigenvalue weighted by Crippen LogP contribution is 2.18. The number of esters is 1. The van der Waals surface area contributed by atoms with Gasteiger partial charge in [0.2, 0.25) is 5.91 Å². The van der Waals surface area contributed by atoms with Crippen LogP contribution < -0.4 is 5.32 Å². The number of carbonyl (C=O) groups is 2. The number of ether oxygens (including phenoxy) is 1. The molecule has 0 aromatic rings. The minimum Gasteiger partial charge on any atom is -0.462 e. The van der Waals surface area contributed by atoms with E-state index in [1.165, 1.54) is 193 Å². The Hall–Kier alpha value is -1.92. The standard InChI is InChI=1S/C60H113NO5/c1-4-7-10-13-16-19-22-25-28-29-32-34-37-40-43-46-49-52-58(63)57(55-62)61-59(64)54-56(51-48-45-42-39-36-33-30-26-23-20-17-14-11-8-5-2)66-60(65)53-50-47-44-41-38-35-31-27-24-21-18-15-12-9-6-3/h17,20,26,30,36,39,56-58,62-63H,4-16,18-19,21-25,27-29,31-35,37-38,40-55H2,1-3H3,(H,61,64)/b20-17-,30-26-,39-36-. The fourth-order valence-electron chi connectivity index (χ4n) is 9.03. The van der Waals surface area contributed by atoms with Gasteiger partial charge in [0.05, 0.1) is 25.2 Å². The number of carbonyl (C=O) groups excluding carboxylic acids is 2. The van der Waals surface area contributed by atoms with Gasteiger partial charge >= 0.3 is 5.97 Å². The summed E-state index contributed by atoms with van der Waals surface area (Å²) in [5.41, 5.74) is 0. The first-order chi connectivity index (χ1) is 32.5. The molecule has 0 aromatic heterocycles. The van der Waals surface area contributed by atoms with Gasteiger partial charge in [-0.25, -0.2) is 0 Å². The molecule has 388 valence electrons. The first kappa shape index (κ1) is 64.1. The summed E-state index contributed by atoms with van der Waals surface area (Å²) in [4.78, 5) is 26.3. The molecule has 3 unspecified atom stereocenters. The number of hydrogen-bond acceptors (Lipinski definition) is 5. The van der Waals surface area contributed by atoms with E-state index >= 15 is 0 Å². The zero-order chi connectivity index (χ0) is 48.1. The predicted octanol–water partition coefficient (Wildman–Crippen LogP) is 18.0. The molecular weight excluding hydrogens is 815 g/mol. The van der Waals surface area contributed by atoms with Crippen molar-refractivity contribution in [2.75, 3.05) is 6.61 Å². The van der Waals surface area contributed by atoms with Crippen LogP contribution in [-0.4, -0.2) is 46.9 Å². The quantitative estimate of drug-likeness (QED) is 0.0321. The molecule has 0 aliphatic rings. The smallest absolute Gasteiger partial charge is 0.306 e.